The van der Waals surface area contributed by atoms with Crippen LogP contribution in [0.4, 0.5) is 10.5 Å². The fourth-order valence-electron chi connectivity index (χ4n) is 1.87. The van der Waals surface area contributed by atoms with Crippen LogP contribution in [0, 0.1) is 11.8 Å². The van der Waals surface area contributed by atoms with Crippen LogP contribution in [0.25, 0.3) is 0 Å². The lowest BCUT2D eigenvalue weighted by atomic mass is 10.1. The average Bonchev–Trinajstić information content (AvgIpc) is 3.03. The molecule has 1 aromatic rings. The third-order valence-corrected chi connectivity index (χ3v) is 3.35. The van der Waals surface area contributed by atoms with Crippen molar-refractivity contribution in [2.45, 2.75) is 20.3 Å². The lowest BCUT2D eigenvalue weighted by Gasteiger charge is -2.07. The molecule has 0 saturated heterocycles. The molecule has 2 rings (SSSR count). The summed E-state index contributed by atoms with van der Waals surface area (Å²) < 4.78 is 0. The summed E-state index contributed by atoms with van der Waals surface area (Å²) in [5.41, 5.74) is 1.34. The summed E-state index contributed by atoms with van der Waals surface area (Å²) in [6, 6.07) is 6.69. The number of anilines is 1. The van der Waals surface area contributed by atoms with Crippen molar-refractivity contribution >= 4 is 17.5 Å². The van der Waals surface area contributed by atoms with E-state index in [1.54, 1.807) is 24.3 Å². The molecule has 0 bridgehead atoms. The van der Waals surface area contributed by atoms with Gasteiger partial charge in [0.1, 0.15) is 0 Å². The largest absolute Gasteiger partial charge is 0.338 e. The molecule has 4 heteroatoms. The highest BCUT2D eigenvalue weighted by Gasteiger charge is 2.32. The van der Waals surface area contributed by atoms with E-state index in [0.717, 1.165) is 12.5 Å². The zero-order valence-electron chi connectivity index (χ0n) is 10.7. The lowest BCUT2D eigenvalue weighted by molar-refractivity contribution is 0.101. The summed E-state index contributed by atoms with van der Waals surface area (Å²) in [4.78, 5) is 22.7. The third-order valence-electron chi connectivity index (χ3n) is 3.35. The number of rotatable bonds is 4. The minimum absolute atomic E-state index is 0.0220. The van der Waals surface area contributed by atoms with Gasteiger partial charge in [-0.05, 0) is 49.4 Å². The number of amides is 2. The molecule has 0 aromatic heterocycles. The van der Waals surface area contributed by atoms with Crippen molar-refractivity contribution in [3.05, 3.63) is 29.8 Å². The van der Waals surface area contributed by atoms with Crippen molar-refractivity contribution in [1.82, 2.24) is 5.32 Å². The highest BCUT2D eigenvalue weighted by atomic mass is 16.2. The maximum atomic E-state index is 11.6. The van der Waals surface area contributed by atoms with Gasteiger partial charge in [0.2, 0.25) is 0 Å². The number of carbonyl (C=O) groups is 2. The van der Waals surface area contributed by atoms with Crippen LogP contribution < -0.4 is 10.6 Å². The Kier molecular flexibility index (Phi) is 3.65. The number of hydrogen-bond acceptors (Lipinski definition) is 2. The maximum Gasteiger partial charge on any atom is 0.319 e. The number of hydrogen-bond donors (Lipinski definition) is 2. The van der Waals surface area contributed by atoms with E-state index in [0.29, 0.717) is 17.2 Å². The molecule has 18 heavy (non-hydrogen) atoms. The van der Waals surface area contributed by atoms with Gasteiger partial charge >= 0.3 is 6.03 Å². The number of benzene rings is 1. The number of carbonyl (C=O) groups excluding carboxylic acids is 2. The molecule has 0 aliphatic heterocycles. The first-order chi connectivity index (χ1) is 8.56. The normalized spacial score (nSPS) is 21.2. The second-order valence-electron chi connectivity index (χ2n) is 4.94. The summed E-state index contributed by atoms with van der Waals surface area (Å²) in [6.45, 7) is 4.44. The number of Topliss-reactive ketones (excluding diaryl/α,β-unsaturated/α-hetero) is 1. The second-order valence-corrected chi connectivity index (χ2v) is 4.94. The van der Waals surface area contributed by atoms with E-state index < -0.39 is 0 Å². The zero-order valence-corrected chi connectivity index (χ0v) is 10.7. The van der Waals surface area contributed by atoms with Gasteiger partial charge < -0.3 is 10.6 Å². The predicted octanol–water partition coefficient (Wildman–Crippen LogP) is 2.67. The highest BCUT2D eigenvalue weighted by Crippen LogP contribution is 2.36. The smallest absolute Gasteiger partial charge is 0.319 e. The van der Waals surface area contributed by atoms with Crippen molar-refractivity contribution < 1.29 is 9.59 Å². The van der Waals surface area contributed by atoms with Crippen molar-refractivity contribution in [2.24, 2.45) is 11.8 Å². The molecule has 1 saturated carbocycles. The predicted molar refractivity (Wildman–Crippen MR) is 70.7 cm³/mol. The van der Waals surface area contributed by atoms with Crippen LogP contribution >= 0.6 is 0 Å². The summed E-state index contributed by atoms with van der Waals surface area (Å²) in [6.07, 6.45) is 1.20. The van der Waals surface area contributed by atoms with Gasteiger partial charge in [0, 0.05) is 17.8 Å². The third kappa shape index (κ3) is 3.32. The number of nitrogens with one attached hydrogen (secondary N) is 2. The summed E-state index contributed by atoms with van der Waals surface area (Å²) in [7, 11) is 0. The van der Waals surface area contributed by atoms with Crippen molar-refractivity contribution in [3.8, 4) is 0 Å². The standard InChI is InChI=1S/C14H18N2O2/c1-9-7-12(9)8-15-14(18)16-13-5-3-11(4-6-13)10(2)17/h3-6,9,12H,7-8H2,1-2H3,(H2,15,16,18). The van der Waals surface area contributed by atoms with Crippen LogP contribution in [-0.4, -0.2) is 18.4 Å². The molecule has 1 aromatic carbocycles. The second kappa shape index (κ2) is 5.21. The molecular formula is C14H18N2O2. The van der Waals surface area contributed by atoms with Gasteiger partial charge in [-0.15, -0.1) is 0 Å². The van der Waals surface area contributed by atoms with Crippen molar-refractivity contribution in [2.75, 3.05) is 11.9 Å². The van der Waals surface area contributed by atoms with Crippen molar-refractivity contribution in [3.63, 3.8) is 0 Å². The Morgan fingerprint density at radius 1 is 1.28 bits per heavy atom. The minimum Gasteiger partial charge on any atom is -0.338 e. The zero-order chi connectivity index (χ0) is 13.1. The maximum absolute atomic E-state index is 11.6. The van der Waals surface area contributed by atoms with E-state index in [2.05, 4.69) is 17.6 Å². The molecule has 1 aliphatic carbocycles. The van der Waals surface area contributed by atoms with Crippen LogP contribution in [-0.2, 0) is 0 Å². The molecule has 96 valence electrons. The molecule has 1 fully saturated rings. The summed E-state index contributed by atoms with van der Waals surface area (Å²) in [5, 5.41) is 5.59. The van der Waals surface area contributed by atoms with E-state index in [1.807, 2.05) is 0 Å². The van der Waals surface area contributed by atoms with Crippen LogP contribution in [0.1, 0.15) is 30.6 Å². The summed E-state index contributed by atoms with van der Waals surface area (Å²) in [5.74, 6) is 1.39. The average molecular weight is 246 g/mol. The lowest BCUT2D eigenvalue weighted by Crippen LogP contribution is -2.30. The quantitative estimate of drug-likeness (QED) is 0.802. The highest BCUT2D eigenvalue weighted by molar-refractivity contribution is 5.95. The SMILES string of the molecule is CC(=O)c1ccc(NC(=O)NCC2CC2C)cc1. The van der Waals surface area contributed by atoms with Gasteiger partial charge in [-0.2, -0.15) is 0 Å². The topological polar surface area (TPSA) is 58.2 Å². The number of ketones is 1. The van der Waals surface area contributed by atoms with Crippen molar-refractivity contribution in [1.29, 1.82) is 0 Å². The molecule has 2 N–H and O–H groups in total. The Bertz CT molecular complexity index is 453. The van der Waals surface area contributed by atoms with Crippen LogP contribution in [0.5, 0.6) is 0 Å². The Morgan fingerprint density at radius 2 is 1.89 bits per heavy atom. The van der Waals surface area contributed by atoms with E-state index in [4.69, 9.17) is 0 Å². The molecule has 0 radical (unpaired) electrons. The molecule has 2 amide bonds. The minimum atomic E-state index is -0.190. The van der Waals surface area contributed by atoms with Gasteiger partial charge in [0.15, 0.2) is 5.78 Å². The van der Waals surface area contributed by atoms with Gasteiger partial charge in [-0.3, -0.25) is 4.79 Å². The van der Waals surface area contributed by atoms with Crippen LogP contribution in [0.15, 0.2) is 24.3 Å². The first-order valence-corrected chi connectivity index (χ1v) is 6.22. The van der Waals surface area contributed by atoms with Gasteiger partial charge in [0.05, 0.1) is 0 Å². The Labute approximate surface area is 107 Å². The molecule has 2 atom stereocenters. The first-order valence-electron chi connectivity index (χ1n) is 6.22. The van der Waals surface area contributed by atoms with Gasteiger partial charge in [-0.1, -0.05) is 6.92 Å². The van der Waals surface area contributed by atoms with E-state index in [9.17, 15) is 9.59 Å². The van der Waals surface area contributed by atoms with Crippen LogP contribution in [0.2, 0.25) is 0 Å². The monoisotopic (exact) mass is 246 g/mol. The van der Waals surface area contributed by atoms with Gasteiger partial charge in [0.25, 0.3) is 0 Å². The molecule has 0 heterocycles. The molecule has 0 spiro atoms. The van der Waals surface area contributed by atoms with E-state index in [-0.39, 0.29) is 11.8 Å². The number of urea groups is 1. The molecule has 2 unspecified atom stereocenters. The molecule has 4 nitrogen and oxygen atoms in total. The van der Waals surface area contributed by atoms with E-state index in [1.165, 1.54) is 13.3 Å². The fraction of sp³-hybridized carbons (Fsp3) is 0.429. The first kappa shape index (κ1) is 12.6. The Morgan fingerprint density at radius 3 is 2.39 bits per heavy atom. The van der Waals surface area contributed by atoms with E-state index >= 15 is 0 Å². The molecular weight excluding hydrogens is 228 g/mol. The Hall–Kier alpha value is -1.84. The van der Waals surface area contributed by atoms with Crippen LogP contribution in [0.3, 0.4) is 0 Å². The Balaban J connectivity index is 1.81. The summed E-state index contributed by atoms with van der Waals surface area (Å²) >= 11 is 0. The molecule has 1 aliphatic rings. The fourth-order valence-corrected chi connectivity index (χ4v) is 1.87. The van der Waals surface area contributed by atoms with Gasteiger partial charge in [-0.25, -0.2) is 4.79 Å².